The first-order chi connectivity index (χ1) is 65.4. The van der Waals surface area contributed by atoms with Gasteiger partial charge in [0, 0.05) is 226 Å². The molecular formula is C120H92Ir4N12-8. The van der Waals surface area contributed by atoms with Crippen molar-refractivity contribution in [1.29, 1.82) is 0 Å². The Bertz CT molecular complexity index is 7140. The molecule has 12 heterocycles. The number of para-hydroxylation sites is 4. The van der Waals surface area contributed by atoms with Gasteiger partial charge in [-0.05, 0) is 122 Å². The van der Waals surface area contributed by atoms with E-state index in [0.717, 1.165) is 122 Å². The van der Waals surface area contributed by atoms with E-state index in [4.69, 9.17) is 4.98 Å². The molecule has 0 aliphatic rings. The van der Waals surface area contributed by atoms with Crippen molar-refractivity contribution in [3.05, 3.63) is 486 Å². The Labute approximate surface area is 848 Å². The van der Waals surface area contributed by atoms with E-state index in [1.54, 1.807) is 24.8 Å². The van der Waals surface area contributed by atoms with Crippen molar-refractivity contribution < 1.29 is 80.4 Å². The molecule has 24 rings (SSSR count). The average molecular weight is 2470 g/mol. The topological polar surface area (TPSA) is 123 Å². The fraction of sp³-hybridized carbons (Fsp3) is 0.0667. The maximum Gasteiger partial charge on any atom is 0.131 e. The van der Waals surface area contributed by atoms with Crippen LogP contribution in [0.25, 0.3) is 177 Å². The predicted octanol–water partition coefficient (Wildman–Crippen LogP) is 28.9. The number of hydrogen-bond acceptors (Lipinski definition) is 8. The normalized spacial score (nSPS) is 10.4. The van der Waals surface area contributed by atoms with E-state index in [1.807, 2.05) is 279 Å². The van der Waals surface area contributed by atoms with Gasteiger partial charge in [0.15, 0.2) is 0 Å². The van der Waals surface area contributed by atoms with Gasteiger partial charge in [-0.25, -0.2) is 0 Å². The fourth-order valence-corrected chi connectivity index (χ4v) is 16.3. The van der Waals surface area contributed by atoms with Crippen LogP contribution in [0.4, 0.5) is 0 Å². The maximum absolute atomic E-state index is 4.89. The second-order valence-electron chi connectivity index (χ2n) is 30.4. The van der Waals surface area contributed by atoms with Crippen LogP contribution >= 0.6 is 0 Å². The summed E-state index contributed by atoms with van der Waals surface area (Å²) in [6.45, 7) is 12.4. The summed E-state index contributed by atoms with van der Waals surface area (Å²) in [5.74, 6) is 0. The van der Waals surface area contributed by atoms with E-state index in [0.29, 0.717) is 0 Å². The van der Waals surface area contributed by atoms with Gasteiger partial charge < -0.3 is 53.2 Å². The molecule has 0 fully saturated rings. The molecule has 0 aliphatic heterocycles. The summed E-state index contributed by atoms with van der Waals surface area (Å²) in [5, 5.41) is 10.1. The van der Waals surface area contributed by atoms with Crippen LogP contribution in [0.15, 0.2) is 438 Å². The zero-order chi connectivity index (χ0) is 89.8. The van der Waals surface area contributed by atoms with Crippen molar-refractivity contribution >= 4 is 87.4 Å². The van der Waals surface area contributed by atoms with Crippen LogP contribution in [0.5, 0.6) is 0 Å². The number of fused-ring (bicyclic) bond motifs is 12. The summed E-state index contributed by atoms with van der Waals surface area (Å²) in [7, 11) is 0. The Morgan fingerprint density at radius 1 is 0.199 bits per heavy atom. The van der Waals surface area contributed by atoms with E-state index < -0.39 is 0 Å². The fourth-order valence-electron chi connectivity index (χ4n) is 16.3. The second-order valence-corrected chi connectivity index (χ2v) is 30.4. The summed E-state index contributed by atoms with van der Waals surface area (Å²) in [6, 6.07) is 157. The molecule has 676 valence electrons. The summed E-state index contributed by atoms with van der Waals surface area (Å²) < 4.78 is 9.28. The van der Waals surface area contributed by atoms with Crippen LogP contribution in [-0.4, -0.2) is 58.1 Å². The zero-order valence-corrected chi connectivity index (χ0v) is 84.7. The van der Waals surface area contributed by atoms with Gasteiger partial charge in [-0.1, -0.05) is 146 Å². The van der Waals surface area contributed by atoms with Crippen molar-refractivity contribution in [3.8, 4) is 90.1 Å². The Morgan fingerprint density at radius 2 is 0.507 bits per heavy atom. The van der Waals surface area contributed by atoms with E-state index in [9.17, 15) is 0 Å². The van der Waals surface area contributed by atoms with Crippen LogP contribution in [0.3, 0.4) is 0 Å². The van der Waals surface area contributed by atoms with Gasteiger partial charge in [0.05, 0.1) is 11.0 Å². The second kappa shape index (κ2) is 50.1. The first-order valence-electron chi connectivity index (χ1n) is 44.3. The minimum Gasteiger partial charge on any atom is -0.347 e. The minimum absolute atomic E-state index is 0. The van der Waals surface area contributed by atoms with Gasteiger partial charge in [0.25, 0.3) is 0 Å². The van der Waals surface area contributed by atoms with Crippen LogP contribution in [0, 0.1) is 48.5 Å². The molecule has 136 heavy (non-hydrogen) atoms. The number of aryl methyl sites for hydroxylation is 4. The molecule has 0 amide bonds. The van der Waals surface area contributed by atoms with E-state index in [-0.39, 0.29) is 80.4 Å². The number of pyridine rings is 8. The quantitative estimate of drug-likeness (QED) is 0.111. The van der Waals surface area contributed by atoms with Crippen LogP contribution in [0.2, 0.25) is 0 Å². The van der Waals surface area contributed by atoms with Crippen molar-refractivity contribution in [3.63, 3.8) is 0 Å². The Kier molecular flexibility index (Phi) is 36.5. The predicted molar refractivity (Wildman–Crippen MR) is 543 cm³/mol. The molecule has 0 atom stereocenters. The van der Waals surface area contributed by atoms with Crippen molar-refractivity contribution in [2.24, 2.45) is 0 Å². The number of hydrogen-bond donors (Lipinski definition) is 0. The molecular weight excluding hydrogens is 2380 g/mol. The number of nitrogens with zero attached hydrogens (tertiary/aromatic N) is 12. The molecule has 12 nitrogen and oxygen atoms in total. The van der Waals surface area contributed by atoms with E-state index in [2.05, 4.69) is 263 Å². The van der Waals surface area contributed by atoms with Crippen LogP contribution in [-0.2, 0) is 107 Å². The molecule has 0 saturated heterocycles. The zero-order valence-electron chi connectivity index (χ0n) is 75.1. The third-order valence-electron chi connectivity index (χ3n) is 22.4. The Hall–Kier alpha value is -14.4. The van der Waals surface area contributed by atoms with E-state index >= 15 is 0 Å². The molecule has 12 aromatic carbocycles. The van der Waals surface area contributed by atoms with Gasteiger partial charge in [0.2, 0.25) is 0 Å². The molecule has 0 N–H and O–H groups in total. The minimum atomic E-state index is 0. The molecule has 12 aromatic heterocycles. The van der Waals surface area contributed by atoms with Gasteiger partial charge >= 0.3 is 0 Å². The SMILES string of the molecule is CCn1c2ccccc2c2cc(-c3[c-]cccc3)ncc21.CCn1c2ccccc2c2ccc(-c3[c-]cccc3)nc21.CCn1c2ccccc2c2ccnc(-c3[c-]cccc3)c21.CCn1c2ccccc2c2cnc(-c3[c-]cccc3)cc21.[Ir].[Ir].[Ir].[Ir].[c-]1ccccc1-c1ccccn1.[c-]1ccccc1-c1ccccn1.[c-]1ccccc1-c1ccccn1.[c-]1ccccc1-c1ccccn1. The standard InChI is InChI=1S/4C19H15N2.4C11H8N.4Ir/c1-2-21-18-11-7-6-10-15(18)16-13-20-17(12-19(16)21)14-8-4-3-5-9-14;1-2-21-18-11-7-6-10-15(18)16-12-17(20-13-19(16)21)14-8-4-3-5-9-14;1-2-21-18-11-7-6-10-15(18)16-12-13-17(20-19(16)21)14-8-4-3-5-9-14;1-2-21-17-11-7-6-10-15(17)16-12-13-20-18(19(16)21)14-8-4-3-5-9-14;4*1-2-6-10(7-3-1)11-8-4-5-9-12-11;;;;/h4*3-8,10-13H,2H2,1H3;4*1-6,8-9H;;;;/q8*-1;;;;. The molecule has 0 bridgehead atoms. The third-order valence-corrected chi connectivity index (χ3v) is 22.4. The molecule has 4 radical (unpaired) electrons. The number of benzene rings is 12. The van der Waals surface area contributed by atoms with Crippen LogP contribution < -0.4 is 0 Å². The molecule has 0 saturated carbocycles. The summed E-state index contributed by atoms with van der Waals surface area (Å²) in [6.07, 6.45) is 13.0. The Morgan fingerprint density at radius 3 is 0.882 bits per heavy atom. The number of rotatable bonds is 12. The molecule has 24 aromatic rings. The summed E-state index contributed by atoms with van der Waals surface area (Å²) >= 11 is 0. The van der Waals surface area contributed by atoms with Gasteiger partial charge in [-0.2, -0.15) is 0 Å². The van der Waals surface area contributed by atoms with Crippen LogP contribution in [0.1, 0.15) is 27.7 Å². The average Bonchev–Trinajstić information content (AvgIpc) is 1.59. The van der Waals surface area contributed by atoms with Crippen molar-refractivity contribution in [2.45, 2.75) is 53.9 Å². The molecule has 0 aliphatic carbocycles. The van der Waals surface area contributed by atoms with E-state index in [1.165, 1.54) is 81.7 Å². The first kappa shape index (κ1) is 99.1. The molecule has 16 heteroatoms. The van der Waals surface area contributed by atoms with Gasteiger partial charge in [-0.15, -0.1) is 287 Å². The third kappa shape index (κ3) is 23.7. The maximum atomic E-state index is 4.89. The van der Waals surface area contributed by atoms with Gasteiger partial charge in [0.1, 0.15) is 5.65 Å². The first-order valence-corrected chi connectivity index (χ1v) is 44.3. The monoisotopic (exact) mass is 2470 g/mol. The largest absolute Gasteiger partial charge is 0.347 e. The summed E-state index contributed by atoms with van der Waals surface area (Å²) in [5.41, 5.74) is 25.8. The summed E-state index contributed by atoms with van der Waals surface area (Å²) in [4.78, 5) is 35.6. The van der Waals surface area contributed by atoms with Gasteiger partial charge in [-0.3, -0.25) is 4.98 Å². The number of aromatic nitrogens is 12. The van der Waals surface area contributed by atoms with Crippen molar-refractivity contribution in [2.75, 3.05) is 0 Å². The molecule has 0 spiro atoms. The smallest absolute Gasteiger partial charge is 0.131 e. The molecule has 0 unspecified atom stereocenters. The Balaban J connectivity index is 0.000000133. The van der Waals surface area contributed by atoms with Crippen molar-refractivity contribution in [1.82, 2.24) is 58.1 Å².